The standard InChI is InChI=1S/C19H18FN3O/c1-12-4-9-18(17(20)10-12)21-19(24)15-5-7-16(8-6-15)23-14(3)11-13(2)22-23/h4-11H,1-3H3,(H,21,24). The molecule has 4 nitrogen and oxygen atoms in total. The quantitative estimate of drug-likeness (QED) is 0.785. The van der Waals surface area contributed by atoms with E-state index in [1.165, 1.54) is 6.07 Å². The van der Waals surface area contributed by atoms with Crippen LogP contribution in [0, 0.1) is 26.6 Å². The van der Waals surface area contributed by atoms with Gasteiger partial charge in [-0.1, -0.05) is 6.07 Å². The van der Waals surface area contributed by atoms with Crippen LogP contribution >= 0.6 is 0 Å². The normalized spacial score (nSPS) is 10.7. The number of nitrogens with zero attached hydrogens (tertiary/aromatic N) is 2. The average Bonchev–Trinajstić information content (AvgIpc) is 2.88. The summed E-state index contributed by atoms with van der Waals surface area (Å²) in [7, 11) is 0. The Bertz CT molecular complexity index is 897. The summed E-state index contributed by atoms with van der Waals surface area (Å²) in [5.74, 6) is -0.791. The molecule has 0 spiro atoms. The molecular formula is C19H18FN3O. The molecule has 3 aromatic rings. The van der Waals surface area contributed by atoms with E-state index in [0.717, 1.165) is 22.6 Å². The Morgan fingerprint density at radius 2 is 1.75 bits per heavy atom. The van der Waals surface area contributed by atoms with Crippen molar-refractivity contribution in [3.63, 3.8) is 0 Å². The lowest BCUT2D eigenvalue weighted by atomic mass is 10.1. The third kappa shape index (κ3) is 3.20. The van der Waals surface area contributed by atoms with Gasteiger partial charge < -0.3 is 5.32 Å². The smallest absolute Gasteiger partial charge is 0.255 e. The number of benzene rings is 2. The van der Waals surface area contributed by atoms with Gasteiger partial charge in [0.2, 0.25) is 0 Å². The van der Waals surface area contributed by atoms with Crippen molar-refractivity contribution in [3.05, 3.63) is 76.9 Å². The number of halogens is 1. The Morgan fingerprint density at radius 3 is 2.33 bits per heavy atom. The first-order valence-electron chi connectivity index (χ1n) is 7.65. The van der Waals surface area contributed by atoms with Crippen LogP contribution in [0.3, 0.4) is 0 Å². The minimum Gasteiger partial charge on any atom is -0.319 e. The fourth-order valence-corrected chi connectivity index (χ4v) is 2.56. The zero-order valence-electron chi connectivity index (χ0n) is 13.8. The van der Waals surface area contributed by atoms with Crippen molar-refractivity contribution in [2.45, 2.75) is 20.8 Å². The number of aryl methyl sites for hydroxylation is 3. The van der Waals surface area contributed by atoms with E-state index in [2.05, 4.69) is 10.4 Å². The Balaban J connectivity index is 1.80. The lowest BCUT2D eigenvalue weighted by Crippen LogP contribution is -2.13. The monoisotopic (exact) mass is 323 g/mol. The third-order valence-corrected chi connectivity index (χ3v) is 3.76. The SMILES string of the molecule is Cc1ccc(NC(=O)c2ccc(-n3nc(C)cc3C)cc2)c(F)c1. The molecule has 2 aromatic carbocycles. The van der Waals surface area contributed by atoms with Crippen LogP contribution < -0.4 is 5.32 Å². The second-order valence-corrected chi connectivity index (χ2v) is 5.82. The van der Waals surface area contributed by atoms with Gasteiger partial charge in [-0.2, -0.15) is 5.10 Å². The highest BCUT2D eigenvalue weighted by molar-refractivity contribution is 6.04. The Morgan fingerprint density at radius 1 is 1.04 bits per heavy atom. The van der Waals surface area contributed by atoms with Crippen molar-refractivity contribution in [1.82, 2.24) is 9.78 Å². The van der Waals surface area contributed by atoms with Crippen molar-refractivity contribution in [1.29, 1.82) is 0 Å². The number of aromatic nitrogens is 2. The van der Waals surface area contributed by atoms with Crippen molar-refractivity contribution < 1.29 is 9.18 Å². The van der Waals surface area contributed by atoms with E-state index in [1.807, 2.05) is 36.7 Å². The minimum atomic E-state index is -0.442. The van der Waals surface area contributed by atoms with Gasteiger partial charge in [-0.3, -0.25) is 4.79 Å². The zero-order valence-corrected chi connectivity index (χ0v) is 13.8. The van der Waals surface area contributed by atoms with Gasteiger partial charge in [0.05, 0.1) is 17.1 Å². The fraction of sp³-hybridized carbons (Fsp3) is 0.158. The molecular weight excluding hydrogens is 305 g/mol. The highest BCUT2D eigenvalue weighted by Crippen LogP contribution is 2.18. The maximum atomic E-state index is 13.8. The first kappa shape index (κ1) is 15.9. The predicted molar refractivity (Wildman–Crippen MR) is 92.1 cm³/mol. The summed E-state index contributed by atoms with van der Waals surface area (Å²) in [6.45, 7) is 5.70. The molecule has 0 atom stereocenters. The number of hydrogen-bond donors (Lipinski definition) is 1. The maximum absolute atomic E-state index is 13.8. The number of nitrogens with one attached hydrogen (secondary N) is 1. The van der Waals surface area contributed by atoms with Crippen LogP contribution in [-0.4, -0.2) is 15.7 Å². The molecule has 0 saturated heterocycles. The molecule has 122 valence electrons. The van der Waals surface area contributed by atoms with Crippen LogP contribution in [0.4, 0.5) is 10.1 Å². The molecule has 3 rings (SSSR count). The van der Waals surface area contributed by atoms with E-state index in [0.29, 0.717) is 5.56 Å². The van der Waals surface area contributed by atoms with E-state index in [9.17, 15) is 9.18 Å². The summed E-state index contributed by atoms with van der Waals surface area (Å²) in [6, 6.07) is 13.7. The molecule has 0 bridgehead atoms. The maximum Gasteiger partial charge on any atom is 0.255 e. The Hall–Kier alpha value is -2.95. The second kappa shape index (κ2) is 6.28. The highest BCUT2D eigenvalue weighted by Gasteiger charge is 2.10. The van der Waals surface area contributed by atoms with Crippen molar-refractivity contribution in [3.8, 4) is 5.69 Å². The summed E-state index contributed by atoms with van der Waals surface area (Å²) < 4.78 is 15.6. The number of carbonyl (C=O) groups excluding carboxylic acids is 1. The van der Waals surface area contributed by atoms with E-state index >= 15 is 0 Å². The lowest BCUT2D eigenvalue weighted by Gasteiger charge is -2.08. The summed E-state index contributed by atoms with van der Waals surface area (Å²) in [5, 5.41) is 7.00. The zero-order chi connectivity index (χ0) is 17.3. The second-order valence-electron chi connectivity index (χ2n) is 5.82. The summed E-state index contributed by atoms with van der Waals surface area (Å²) >= 11 is 0. The summed E-state index contributed by atoms with van der Waals surface area (Å²) in [5.41, 5.74) is 4.27. The first-order valence-corrected chi connectivity index (χ1v) is 7.65. The van der Waals surface area contributed by atoms with Gasteiger partial charge >= 0.3 is 0 Å². The van der Waals surface area contributed by atoms with Gasteiger partial charge in [0, 0.05) is 11.3 Å². The van der Waals surface area contributed by atoms with E-state index in [4.69, 9.17) is 0 Å². The molecule has 1 N–H and O–H groups in total. The van der Waals surface area contributed by atoms with Gasteiger partial charge in [-0.05, 0) is 68.8 Å². The van der Waals surface area contributed by atoms with Crippen LogP contribution in [0.15, 0.2) is 48.5 Å². The molecule has 1 heterocycles. The molecule has 24 heavy (non-hydrogen) atoms. The molecule has 0 saturated carbocycles. The van der Waals surface area contributed by atoms with Gasteiger partial charge in [0.1, 0.15) is 5.82 Å². The van der Waals surface area contributed by atoms with Crippen LogP contribution in [0.1, 0.15) is 27.3 Å². The van der Waals surface area contributed by atoms with Crippen LogP contribution in [0.2, 0.25) is 0 Å². The summed E-state index contributed by atoms with van der Waals surface area (Å²) in [4.78, 5) is 12.3. The first-order chi connectivity index (χ1) is 11.4. The highest BCUT2D eigenvalue weighted by atomic mass is 19.1. The topological polar surface area (TPSA) is 46.9 Å². The van der Waals surface area contributed by atoms with Crippen molar-refractivity contribution in [2.75, 3.05) is 5.32 Å². The van der Waals surface area contributed by atoms with Crippen LogP contribution in [0.25, 0.3) is 5.69 Å². The molecule has 1 aromatic heterocycles. The minimum absolute atomic E-state index is 0.174. The van der Waals surface area contributed by atoms with E-state index in [1.54, 1.807) is 31.2 Å². The number of rotatable bonds is 3. The third-order valence-electron chi connectivity index (χ3n) is 3.76. The average molecular weight is 323 g/mol. The molecule has 0 unspecified atom stereocenters. The van der Waals surface area contributed by atoms with Gasteiger partial charge in [-0.25, -0.2) is 9.07 Å². The number of amides is 1. The summed E-state index contributed by atoms with van der Waals surface area (Å²) in [6.07, 6.45) is 0. The van der Waals surface area contributed by atoms with Gasteiger partial charge in [-0.15, -0.1) is 0 Å². The van der Waals surface area contributed by atoms with Crippen molar-refractivity contribution in [2.24, 2.45) is 0 Å². The van der Waals surface area contributed by atoms with E-state index < -0.39 is 5.82 Å². The molecule has 0 aliphatic heterocycles. The number of anilines is 1. The molecule has 0 aliphatic carbocycles. The van der Waals surface area contributed by atoms with Crippen LogP contribution in [0.5, 0.6) is 0 Å². The molecule has 1 amide bonds. The molecule has 0 aliphatic rings. The van der Waals surface area contributed by atoms with Gasteiger partial charge in [0.25, 0.3) is 5.91 Å². The lowest BCUT2D eigenvalue weighted by molar-refractivity contribution is 0.102. The molecule has 5 heteroatoms. The molecule has 0 fully saturated rings. The van der Waals surface area contributed by atoms with E-state index in [-0.39, 0.29) is 11.6 Å². The largest absolute Gasteiger partial charge is 0.319 e. The fourth-order valence-electron chi connectivity index (χ4n) is 2.56. The Kier molecular flexibility index (Phi) is 4.16. The molecule has 0 radical (unpaired) electrons. The number of hydrogen-bond acceptors (Lipinski definition) is 2. The number of carbonyl (C=O) groups is 1. The predicted octanol–water partition coefficient (Wildman–Crippen LogP) is 4.19. The van der Waals surface area contributed by atoms with Gasteiger partial charge in [0.15, 0.2) is 0 Å². The van der Waals surface area contributed by atoms with Crippen molar-refractivity contribution >= 4 is 11.6 Å². The van der Waals surface area contributed by atoms with Crippen LogP contribution in [-0.2, 0) is 0 Å². The Labute approximate surface area is 139 Å².